The number of hydrogen-bond acceptors (Lipinski definition) is 3. The van der Waals surface area contributed by atoms with Gasteiger partial charge >= 0.3 is 0 Å². The lowest BCUT2D eigenvalue weighted by atomic mass is 9.84. The molecule has 1 aromatic carbocycles. The van der Waals surface area contributed by atoms with Crippen molar-refractivity contribution in [3.63, 3.8) is 0 Å². The molecule has 28 heavy (non-hydrogen) atoms. The number of amides is 1. The van der Waals surface area contributed by atoms with E-state index >= 15 is 0 Å². The number of hydrogen-bond donors (Lipinski definition) is 2. The summed E-state index contributed by atoms with van der Waals surface area (Å²) in [5.41, 5.74) is 3.38. The Labute approximate surface area is 172 Å². The highest BCUT2D eigenvalue weighted by Crippen LogP contribution is 2.49. The number of fused-ring (bicyclic) bond motifs is 2. The quantitative estimate of drug-likeness (QED) is 0.664. The topological polar surface area (TPSA) is 57.8 Å². The molecule has 2 N–H and O–H groups in total. The number of imidazole rings is 1. The van der Waals surface area contributed by atoms with Gasteiger partial charge in [-0.15, -0.1) is 0 Å². The second kappa shape index (κ2) is 8.32. The molecule has 4 rings (SSSR count). The molecule has 2 aromatic rings. The number of aryl methyl sites for hydroxylation is 1. The fourth-order valence-corrected chi connectivity index (χ4v) is 5.94. The summed E-state index contributed by atoms with van der Waals surface area (Å²) in [5, 5.41) is 3.96. The van der Waals surface area contributed by atoms with Crippen molar-refractivity contribution in [2.45, 2.75) is 69.3 Å². The first-order chi connectivity index (χ1) is 13.5. The van der Waals surface area contributed by atoms with Crippen molar-refractivity contribution in [1.29, 1.82) is 0 Å². The molecule has 0 aliphatic heterocycles. The number of carbonyl (C=O) groups is 1. The van der Waals surface area contributed by atoms with Crippen LogP contribution in [0.4, 0.5) is 0 Å². The van der Waals surface area contributed by atoms with Crippen LogP contribution in [0.1, 0.15) is 56.5 Å². The summed E-state index contributed by atoms with van der Waals surface area (Å²) in [5.74, 6) is 2.54. The summed E-state index contributed by atoms with van der Waals surface area (Å²) in [6.07, 6.45) is 6.25. The Morgan fingerprint density at radius 1 is 1.25 bits per heavy atom. The summed E-state index contributed by atoms with van der Waals surface area (Å²) in [7, 11) is 0. The Hall–Kier alpha value is -1.75. The summed E-state index contributed by atoms with van der Waals surface area (Å²) in [4.78, 5) is 20.8. The fourth-order valence-electron chi connectivity index (χ4n) is 5.06. The van der Waals surface area contributed by atoms with Gasteiger partial charge in [0.1, 0.15) is 0 Å². The molecule has 5 unspecified atom stereocenters. The largest absolute Gasteiger partial charge is 0.352 e. The van der Waals surface area contributed by atoms with E-state index in [0.717, 1.165) is 34.8 Å². The van der Waals surface area contributed by atoms with Gasteiger partial charge in [0.05, 0.1) is 10.9 Å². The van der Waals surface area contributed by atoms with Crippen LogP contribution in [0.15, 0.2) is 35.5 Å². The molecule has 2 bridgehead atoms. The normalized spacial score (nSPS) is 25.6. The van der Waals surface area contributed by atoms with Crippen molar-refractivity contribution < 1.29 is 4.79 Å². The van der Waals surface area contributed by atoms with Crippen LogP contribution < -0.4 is 5.32 Å². The van der Waals surface area contributed by atoms with Crippen LogP contribution in [0.5, 0.6) is 0 Å². The minimum atomic E-state index is -0.156. The molecule has 0 spiro atoms. The molecule has 2 saturated carbocycles. The minimum Gasteiger partial charge on any atom is -0.352 e. The SMILES string of the molecule is Cc1[nH]c(SC(C)C(=O)NC(C)C2CC3CCC2C3)nc1Cc1ccccc1. The molecule has 1 heterocycles. The van der Waals surface area contributed by atoms with Gasteiger partial charge in [-0.1, -0.05) is 48.5 Å². The van der Waals surface area contributed by atoms with Gasteiger partial charge in [-0.05, 0) is 63.4 Å². The van der Waals surface area contributed by atoms with Gasteiger partial charge < -0.3 is 10.3 Å². The molecule has 2 aliphatic rings. The molecule has 0 radical (unpaired) electrons. The van der Waals surface area contributed by atoms with Crippen LogP contribution in [0, 0.1) is 24.7 Å². The van der Waals surface area contributed by atoms with E-state index in [1.807, 2.05) is 13.0 Å². The van der Waals surface area contributed by atoms with E-state index in [-0.39, 0.29) is 17.2 Å². The summed E-state index contributed by atoms with van der Waals surface area (Å²) in [6.45, 7) is 6.22. The van der Waals surface area contributed by atoms with E-state index in [0.29, 0.717) is 5.92 Å². The average molecular weight is 398 g/mol. The number of benzene rings is 1. The zero-order valence-electron chi connectivity index (χ0n) is 17.1. The van der Waals surface area contributed by atoms with Gasteiger partial charge in [-0.2, -0.15) is 0 Å². The van der Waals surface area contributed by atoms with E-state index in [1.54, 1.807) is 0 Å². The fraction of sp³-hybridized carbons (Fsp3) is 0.565. The van der Waals surface area contributed by atoms with Crippen LogP contribution in [0.25, 0.3) is 0 Å². The smallest absolute Gasteiger partial charge is 0.233 e. The van der Waals surface area contributed by atoms with E-state index < -0.39 is 0 Å². The van der Waals surface area contributed by atoms with Crippen LogP contribution in [0.3, 0.4) is 0 Å². The van der Waals surface area contributed by atoms with E-state index in [1.165, 1.54) is 43.0 Å². The van der Waals surface area contributed by atoms with Gasteiger partial charge in [-0.25, -0.2) is 4.98 Å². The number of thioether (sulfide) groups is 1. The highest BCUT2D eigenvalue weighted by atomic mass is 32.2. The third kappa shape index (κ3) is 4.29. The van der Waals surface area contributed by atoms with Crippen molar-refractivity contribution in [2.75, 3.05) is 0 Å². The Balaban J connectivity index is 1.32. The molecule has 2 aliphatic carbocycles. The van der Waals surface area contributed by atoms with Crippen LogP contribution in [-0.2, 0) is 11.2 Å². The molecule has 2 fully saturated rings. The molecule has 1 amide bonds. The van der Waals surface area contributed by atoms with Crippen molar-refractivity contribution in [1.82, 2.24) is 15.3 Å². The highest BCUT2D eigenvalue weighted by molar-refractivity contribution is 8.00. The lowest BCUT2D eigenvalue weighted by molar-refractivity contribution is -0.121. The van der Waals surface area contributed by atoms with Crippen LogP contribution in [-0.4, -0.2) is 27.2 Å². The van der Waals surface area contributed by atoms with Gasteiger partial charge in [0.2, 0.25) is 5.91 Å². The Morgan fingerprint density at radius 3 is 2.71 bits per heavy atom. The molecular weight excluding hydrogens is 366 g/mol. The molecule has 4 nitrogen and oxygen atoms in total. The Kier molecular flexibility index (Phi) is 5.81. The number of aromatic nitrogens is 2. The maximum Gasteiger partial charge on any atom is 0.233 e. The van der Waals surface area contributed by atoms with E-state index in [4.69, 9.17) is 4.98 Å². The number of carbonyl (C=O) groups excluding carboxylic acids is 1. The zero-order valence-corrected chi connectivity index (χ0v) is 17.9. The van der Waals surface area contributed by atoms with Crippen molar-refractivity contribution >= 4 is 17.7 Å². The highest BCUT2D eigenvalue weighted by Gasteiger charge is 2.42. The first kappa shape index (κ1) is 19.6. The minimum absolute atomic E-state index is 0.124. The number of aromatic amines is 1. The maximum atomic E-state index is 12.7. The molecule has 0 saturated heterocycles. The standard InChI is InChI=1S/C23H31N3OS/c1-14(20-12-18-9-10-19(20)11-18)24-22(27)16(3)28-23-25-15(2)21(26-23)13-17-7-5-4-6-8-17/h4-8,14,16,18-20H,9-13H2,1-3H3,(H,24,27)(H,25,26). The number of nitrogens with one attached hydrogen (secondary N) is 2. The molecular formula is C23H31N3OS. The first-order valence-corrected chi connectivity index (χ1v) is 11.4. The third-order valence-corrected chi connectivity index (χ3v) is 7.63. The number of rotatable bonds is 7. The second-order valence-corrected chi connectivity index (χ2v) is 10.0. The molecule has 5 atom stereocenters. The predicted octanol–water partition coefficient (Wildman–Crippen LogP) is 4.73. The first-order valence-electron chi connectivity index (χ1n) is 10.6. The molecule has 5 heteroatoms. The summed E-state index contributed by atoms with van der Waals surface area (Å²) < 4.78 is 0. The second-order valence-electron chi connectivity index (χ2n) is 8.67. The van der Waals surface area contributed by atoms with Gasteiger partial charge in [0, 0.05) is 18.2 Å². The van der Waals surface area contributed by atoms with Crippen molar-refractivity contribution in [2.24, 2.45) is 17.8 Å². The Morgan fingerprint density at radius 2 is 2.04 bits per heavy atom. The van der Waals surface area contributed by atoms with Crippen molar-refractivity contribution in [3.05, 3.63) is 47.3 Å². The summed E-state index contributed by atoms with van der Waals surface area (Å²) in [6, 6.07) is 10.6. The third-order valence-electron chi connectivity index (χ3n) is 6.64. The monoisotopic (exact) mass is 397 g/mol. The predicted molar refractivity (Wildman–Crippen MR) is 114 cm³/mol. The number of H-pyrrole nitrogens is 1. The average Bonchev–Trinajstić information content (AvgIpc) is 3.39. The summed E-state index contributed by atoms with van der Waals surface area (Å²) >= 11 is 1.52. The van der Waals surface area contributed by atoms with Crippen LogP contribution >= 0.6 is 11.8 Å². The van der Waals surface area contributed by atoms with Gasteiger partial charge in [0.25, 0.3) is 0 Å². The van der Waals surface area contributed by atoms with Gasteiger partial charge in [0.15, 0.2) is 5.16 Å². The Bertz CT molecular complexity index is 819. The van der Waals surface area contributed by atoms with E-state index in [9.17, 15) is 4.79 Å². The van der Waals surface area contributed by atoms with Crippen LogP contribution in [0.2, 0.25) is 0 Å². The van der Waals surface area contributed by atoms with Gasteiger partial charge in [-0.3, -0.25) is 4.79 Å². The lowest BCUT2D eigenvalue weighted by Gasteiger charge is -2.29. The van der Waals surface area contributed by atoms with E-state index in [2.05, 4.69) is 48.4 Å². The zero-order chi connectivity index (χ0) is 19.7. The molecule has 150 valence electrons. The number of nitrogens with zero attached hydrogens (tertiary/aromatic N) is 1. The van der Waals surface area contributed by atoms with Crippen molar-refractivity contribution in [3.8, 4) is 0 Å². The maximum absolute atomic E-state index is 12.7. The lowest BCUT2D eigenvalue weighted by Crippen LogP contribution is -2.43. The molecule has 1 aromatic heterocycles.